The monoisotopic (exact) mass is 373 g/mol. The average molecular weight is 373 g/mol. The molecule has 2 aromatic heterocycles. The minimum atomic E-state index is -0.110. The molecular formula is C21H19N5O2. The van der Waals surface area contributed by atoms with Crippen molar-refractivity contribution >= 4 is 5.91 Å². The molecule has 28 heavy (non-hydrogen) atoms. The van der Waals surface area contributed by atoms with Gasteiger partial charge in [0, 0.05) is 30.1 Å². The number of nitrogens with zero attached hydrogens (tertiary/aromatic N) is 4. The normalized spacial score (nSPS) is 10.8. The summed E-state index contributed by atoms with van der Waals surface area (Å²) >= 11 is 0. The summed E-state index contributed by atoms with van der Waals surface area (Å²) in [4.78, 5) is 16.5. The lowest BCUT2D eigenvalue weighted by molar-refractivity contribution is 0.0954. The van der Waals surface area contributed by atoms with Crippen molar-refractivity contribution in [3.63, 3.8) is 0 Å². The molecule has 0 unspecified atom stereocenters. The molecule has 0 fully saturated rings. The highest BCUT2D eigenvalue weighted by Gasteiger charge is 2.09. The van der Waals surface area contributed by atoms with E-state index in [1.165, 1.54) is 0 Å². The fourth-order valence-electron chi connectivity index (χ4n) is 2.84. The molecule has 7 nitrogen and oxygen atoms in total. The van der Waals surface area contributed by atoms with E-state index < -0.39 is 0 Å². The Labute approximate surface area is 162 Å². The average Bonchev–Trinajstić information content (AvgIpc) is 3.41. The summed E-state index contributed by atoms with van der Waals surface area (Å²) in [6.45, 7) is 2.32. The van der Waals surface area contributed by atoms with Crippen LogP contribution >= 0.6 is 0 Å². The van der Waals surface area contributed by atoms with Gasteiger partial charge in [-0.2, -0.15) is 10.1 Å². The van der Waals surface area contributed by atoms with Crippen molar-refractivity contribution < 1.29 is 9.32 Å². The van der Waals surface area contributed by atoms with E-state index in [0.717, 1.165) is 23.2 Å². The van der Waals surface area contributed by atoms with E-state index >= 15 is 0 Å². The zero-order chi connectivity index (χ0) is 19.3. The van der Waals surface area contributed by atoms with Crippen LogP contribution in [0.2, 0.25) is 0 Å². The van der Waals surface area contributed by atoms with Crippen molar-refractivity contribution in [1.29, 1.82) is 0 Å². The van der Waals surface area contributed by atoms with Crippen LogP contribution in [0.1, 0.15) is 21.7 Å². The molecule has 0 aliphatic carbocycles. The van der Waals surface area contributed by atoms with Crippen LogP contribution in [0.5, 0.6) is 0 Å². The summed E-state index contributed by atoms with van der Waals surface area (Å²) in [5.41, 5.74) is 3.54. The van der Waals surface area contributed by atoms with Gasteiger partial charge in [-0.25, -0.2) is 4.68 Å². The molecule has 1 N–H and O–H groups in total. The molecule has 7 heteroatoms. The molecular weight excluding hydrogens is 354 g/mol. The van der Waals surface area contributed by atoms with Crippen molar-refractivity contribution in [2.24, 2.45) is 0 Å². The molecule has 0 bridgehead atoms. The number of carbonyl (C=O) groups is 1. The molecule has 0 saturated heterocycles. The van der Waals surface area contributed by atoms with Crippen LogP contribution in [0, 0.1) is 6.92 Å². The summed E-state index contributed by atoms with van der Waals surface area (Å²) in [6.07, 6.45) is 4.41. The van der Waals surface area contributed by atoms with Crippen LogP contribution in [-0.4, -0.2) is 32.4 Å². The standard InChI is InChI=1S/C21H19N5O2/c1-15-24-21(28-25-15)18-7-5-17(6-8-18)20(27)22-13-11-16-3-9-19(10-4-16)26-14-2-12-23-26/h2-10,12,14H,11,13H2,1H3,(H,22,27). The number of rotatable bonds is 6. The molecule has 140 valence electrons. The van der Waals surface area contributed by atoms with Crippen LogP contribution in [0.3, 0.4) is 0 Å². The van der Waals surface area contributed by atoms with E-state index in [1.54, 1.807) is 37.4 Å². The predicted molar refractivity (Wildman–Crippen MR) is 104 cm³/mol. The molecule has 4 aromatic rings. The van der Waals surface area contributed by atoms with Crippen LogP contribution in [0.4, 0.5) is 0 Å². The second-order valence-electron chi connectivity index (χ2n) is 6.35. The second kappa shape index (κ2) is 7.87. The van der Waals surface area contributed by atoms with Gasteiger partial charge in [0.25, 0.3) is 11.8 Å². The number of hydrogen-bond donors (Lipinski definition) is 1. The first-order chi connectivity index (χ1) is 13.7. The number of nitrogens with one attached hydrogen (secondary N) is 1. The molecule has 1 amide bonds. The largest absolute Gasteiger partial charge is 0.352 e. The van der Waals surface area contributed by atoms with Crippen LogP contribution < -0.4 is 5.32 Å². The minimum Gasteiger partial charge on any atom is -0.352 e. The lowest BCUT2D eigenvalue weighted by atomic mass is 10.1. The summed E-state index contributed by atoms with van der Waals surface area (Å²) < 4.78 is 6.94. The highest BCUT2D eigenvalue weighted by atomic mass is 16.5. The van der Waals surface area contributed by atoms with E-state index in [0.29, 0.717) is 23.8 Å². The third-order valence-corrected chi connectivity index (χ3v) is 4.33. The van der Waals surface area contributed by atoms with E-state index in [1.807, 2.05) is 41.2 Å². The lowest BCUT2D eigenvalue weighted by Crippen LogP contribution is -2.25. The minimum absolute atomic E-state index is 0.110. The van der Waals surface area contributed by atoms with Crippen molar-refractivity contribution in [2.75, 3.05) is 6.54 Å². The second-order valence-corrected chi connectivity index (χ2v) is 6.35. The lowest BCUT2D eigenvalue weighted by Gasteiger charge is -2.07. The van der Waals surface area contributed by atoms with Gasteiger partial charge < -0.3 is 9.84 Å². The first kappa shape index (κ1) is 17.7. The quantitative estimate of drug-likeness (QED) is 0.561. The summed E-state index contributed by atoms with van der Waals surface area (Å²) in [5.74, 6) is 0.916. The van der Waals surface area contributed by atoms with Crippen molar-refractivity contribution in [3.05, 3.63) is 83.9 Å². The van der Waals surface area contributed by atoms with Crippen molar-refractivity contribution in [3.8, 4) is 17.1 Å². The number of amides is 1. The Balaban J connectivity index is 1.30. The molecule has 0 spiro atoms. The Morgan fingerprint density at radius 2 is 1.89 bits per heavy atom. The predicted octanol–water partition coefficient (Wildman–Crippen LogP) is 3.20. The first-order valence-corrected chi connectivity index (χ1v) is 8.97. The zero-order valence-electron chi connectivity index (χ0n) is 15.4. The highest BCUT2D eigenvalue weighted by Crippen LogP contribution is 2.17. The van der Waals surface area contributed by atoms with Gasteiger partial charge in [-0.1, -0.05) is 17.3 Å². The maximum Gasteiger partial charge on any atom is 0.257 e. The number of carbonyl (C=O) groups excluding carboxylic acids is 1. The van der Waals surface area contributed by atoms with E-state index in [9.17, 15) is 4.79 Å². The summed E-state index contributed by atoms with van der Waals surface area (Å²) in [6, 6.07) is 17.1. The van der Waals surface area contributed by atoms with E-state index in [-0.39, 0.29) is 5.91 Å². The summed E-state index contributed by atoms with van der Waals surface area (Å²) in [5, 5.41) is 10.9. The van der Waals surface area contributed by atoms with Crippen LogP contribution in [-0.2, 0) is 6.42 Å². The Bertz CT molecular complexity index is 1050. The van der Waals surface area contributed by atoms with Gasteiger partial charge in [0.2, 0.25) is 0 Å². The van der Waals surface area contributed by atoms with Crippen LogP contribution in [0.15, 0.2) is 71.5 Å². The van der Waals surface area contributed by atoms with E-state index in [4.69, 9.17) is 4.52 Å². The molecule has 0 radical (unpaired) electrons. The number of aryl methyl sites for hydroxylation is 1. The topological polar surface area (TPSA) is 85.8 Å². The fourth-order valence-corrected chi connectivity index (χ4v) is 2.84. The van der Waals surface area contributed by atoms with Gasteiger partial charge in [-0.15, -0.1) is 0 Å². The van der Waals surface area contributed by atoms with Gasteiger partial charge in [0.1, 0.15) is 0 Å². The van der Waals surface area contributed by atoms with Gasteiger partial charge in [-0.3, -0.25) is 4.79 Å². The van der Waals surface area contributed by atoms with Gasteiger partial charge in [0.15, 0.2) is 5.82 Å². The van der Waals surface area contributed by atoms with Gasteiger partial charge >= 0.3 is 0 Å². The zero-order valence-corrected chi connectivity index (χ0v) is 15.4. The molecule has 0 aliphatic heterocycles. The van der Waals surface area contributed by atoms with Crippen molar-refractivity contribution in [1.82, 2.24) is 25.2 Å². The molecule has 4 rings (SSSR count). The number of aromatic nitrogens is 4. The Hall–Kier alpha value is -3.74. The number of benzene rings is 2. The molecule has 2 heterocycles. The fraction of sp³-hybridized carbons (Fsp3) is 0.143. The number of hydrogen-bond acceptors (Lipinski definition) is 5. The molecule has 2 aromatic carbocycles. The maximum absolute atomic E-state index is 12.3. The van der Waals surface area contributed by atoms with Gasteiger partial charge in [-0.05, 0) is 61.4 Å². The first-order valence-electron chi connectivity index (χ1n) is 8.97. The highest BCUT2D eigenvalue weighted by molar-refractivity contribution is 5.94. The molecule has 0 aliphatic rings. The molecule has 0 saturated carbocycles. The van der Waals surface area contributed by atoms with Crippen LogP contribution in [0.25, 0.3) is 17.1 Å². The third-order valence-electron chi connectivity index (χ3n) is 4.33. The molecule has 0 atom stereocenters. The summed E-state index contributed by atoms with van der Waals surface area (Å²) in [7, 11) is 0. The van der Waals surface area contributed by atoms with E-state index in [2.05, 4.69) is 20.6 Å². The third kappa shape index (κ3) is 3.98. The van der Waals surface area contributed by atoms with Crippen molar-refractivity contribution in [2.45, 2.75) is 13.3 Å². The Morgan fingerprint density at radius 1 is 1.11 bits per heavy atom. The maximum atomic E-state index is 12.3. The Morgan fingerprint density at radius 3 is 2.54 bits per heavy atom. The van der Waals surface area contributed by atoms with Gasteiger partial charge in [0.05, 0.1) is 5.69 Å². The Kier molecular flexibility index (Phi) is 4.97. The SMILES string of the molecule is Cc1noc(-c2ccc(C(=O)NCCc3ccc(-n4cccn4)cc3)cc2)n1. The smallest absolute Gasteiger partial charge is 0.257 e.